The Balaban J connectivity index is 1.71. The number of benzene rings is 2. The number of aromatic nitrogens is 2. The van der Waals surface area contributed by atoms with Crippen LogP contribution in [0.15, 0.2) is 67.0 Å². The second kappa shape index (κ2) is 9.33. The molecule has 0 bridgehead atoms. The average molecular weight is 395 g/mol. The molecule has 0 aliphatic rings. The summed E-state index contributed by atoms with van der Waals surface area (Å²) in [5.74, 6) is 0.493. The third kappa shape index (κ3) is 5.30. The first-order chi connectivity index (χ1) is 13.5. The van der Waals surface area contributed by atoms with Gasteiger partial charge in [-0.15, -0.1) is 0 Å². The molecule has 0 radical (unpaired) electrons. The van der Waals surface area contributed by atoms with Crippen LogP contribution in [0, 0.1) is 0 Å². The fraction of sp³-hybridized carbons (Fsp3) is 0.227. The Bertz CT molecular complexity index is 913. The van der Waals surface area contributed by atoms with Gasteiger partial charge in [-0.25, -0.2) is 9.97 Å². The van der Waals surface area contributed by atoms with Crippen LogP contribution in [0.3, 0.4) is 0 Å². The lowest BCUT2D eigenvalue weighted by molar-refractivity contribution is 0.0684. The minimum Gasteiger partial charge on any atom is -0.366 e. The van der Waals surface area contributed by atoms with E-state index >= 15 is 0 Å². The second-order valence-electron chi connectivity index (χ2n) is 6.78. The number of nitrogens with zero attached hydrogens (tertiary/aromatic N) is 3. The van der Waals surface area contributed by atoms with Crippen molar-refractivity contribution in [1.29, 1.82) is 0 Å². The summed E-state index contributed by atoms with van der Waals surface area (Å²) in [7, 11) is 0. The first kappa shape index (κ1) is 19.8. The molecule has 28 heavy (non-hydrogen) atoms. The molecular weight excluding hydrogens is 372 g/mol. The van der Waals surface area contributed by atoms with Crippen molar-refractivity contribution >= 4 is 23.3 Å². The molecule has 6 heteroatoms. The molecular formula is C22H23ClN4O. The van der Waals surface area contributed by atoms with Crippen molar-refractivity contribution in [3.8, 4) is 0 Å². The molecule has 5 nitrogen and oxygen atoms in total. The smallest absolute Gasteiger partial charge is 0.273 e. The first-order valence-corrected chi connectivity index (χ1v) is 9.56. The Kier molecular flexibility index (Phi) is 6.61. The highest BCUT2D eigenvalue weighted by atomic mass is 35.5. The molecule has 0 fully saturated rings. The van der Waals surface area contributed by atoms with Crippen molar-refractivity contribution in [2.24, 2.45) is 0 Å². The van der Waals surface area contributed by atoms with Crippen LogP contribution in [0.25, 0.3) is 0 Å². The monoisotopic (exact) mass is 394 g/mol. The summed E-state index contributed by atoms with van der Waals surface area (Å²) in [4.78, 5) is 23.3. The van der Waals surface area contributed by atoms with E-state index in [4.69, 9.17) is 11.6 Å². The van der Waals surface area contributed by atoms with E-state index in [2.05, 4.69) is 15.3 Å². The average Bonchev–Trinajstić information content (AvgIpc) is 2.72. The molecule has 1 heterocycles. The zero-order valence-corrected chi connectivity index (χ0v) is 16.7. The SMILES string of the molecule is CC(C)N(Cc1ccccc1)C(=O)c1cc(NCc2ccc(Cl)cc2)ncn1. The lowest BCUT2D eigenvalue weighted by Crippen LogP contribution is -2.36. The minimum absolute atomic E-state index is 0.0492. The van der Waals surface area contributed by atoms with Crippen LogP contribution in [-0.2, 0) is 13.1 Å². The van der Waals surface area contributed by atoms with Gasteiger partial charge >= 0.3 is 0 Å². The fourth-order valence-electron chi connectivity index (χ4n) is 2.78. The lowest BCUT2D eigenvalue weighted by Gasteiger charge is -2.26. The predicted octanol–water partition coefficient (Wildman–Crippen LogP) is 4.79. The van der Waals surface area contributed by atoms with Crippen molar-refractivity contribution in [3.63, 3.8) is 0 Å². The van der Waals surface area contributed by atoms with Crippen LogP contribution < -0.4 is 5.32 Å². The number of rotatable bonds is 7. The van der Waals surface area contributed by atoms with Crippen LogP contribution in [-0.4, -0.2) is 26.8 Å². The van der Waals surface area contributed by atoms with Gasteiger partial charge in [-0.2, -0.15) is 0 Å². The number of nitrogens with one attached hydrogen (secondary N) is 1. The summed E-state index contributed by atoms with van der Waals surface area (Å²) in [5, 5.41) is 3.93. The molecule has 0 aliphatic carbocycles. The number of carbonyl (C=O) groups excluding carboxylic acids is 1. The number of amides is 1. The van der Waals surface area contributed by atoms with Crippen LogP contribution in [0.4, 0.5) is 5.82 Å². The van der Waals surface area contributed by atoms with Crippen molar-refractivity contribution in [2.75, 3.05) is 5.32 Å². The first-order valence-electron chi connectivity index (χ1n) is 9.18. The zero-order chi connectivity index (χ0) is 19.9. The van der Waals surface area contributed by atoms with Crippen LogP contribution in [0.2, 0.25) is 5.02 Å². The fourth-order valence-corrected chi connectivity index (χ4v) is 2.91. The highest BCUT2D eigenvalue weighted by Gasteiger charge is 2.20. The van der Waals surface area contributed by atoms with E-state index in [1.54, 1.807) is 11.0 Å². The van der Waals surface area contributed by atoms with Gasteiger partial charge in [0, 0.05) is 30.2 Å². The summed E-state index contributed by atoms with van der Waals surface area (Å²) in [5.41, 5.74) is 2.53. The highest BCUT2D eigenvalue weighted by Crippen LogP contribution is 2.15. The van der Waals surface area contributed by atoms with Gasteiger partial charge in [0.25, 0.3) is 5.91 Å². The van der Waals surface area contributed by atoms with Gasteiger partial charge in [-0.1, -0.05) is 54.1 Å². The van der Waals surface area contributed by atoms with Gasteiger partial charge in [0.05, 0.1) is 0 Å². The summed E-state index contributed by atoms with van der Waals surface area (Å²) in [6.45, 7) is 5.12. The zero-order valence-electron chi connectivity index (χ0n) is 16.0. The predicted molar refractivity (Wildman–Crippen MR) is 112 cm³/mol. The number of hydrogen-bond donors (Lipinski definition) is 1. The molecule has 0 spiro atoms. The molecule has 3 rings (SSSR count). The maximum Gasteiger partial charge on any atom is 0.273 e. The maximum absolute atomic E-state index is 13.0. The molecule has 0 aliphatic heterocycles. The number of hydrogen-bond acceptors (Lipinski definition) is 4. The number of carbonyl (C=O) groups is 1. The van der Waals surface area contributed by atoms with E-state index in [9.17, 15) is 4.79 Å². The standard InChI is InChI=1S/C22H23ClN4O/c1-16(2)27(14-18-6-4-3-5-7-18)22(28)20-12-21(26-15-25-20)24-13-17-8-10-19(23)11-9-17/h3-12,15-16H,13-14H2,1-2H3,(H,24,25,26). The van der Waals surface area contributed by atoms with Crippen LogP contribution in [0.1, 0.15) is 35.5 Å². The Morgan fingerprint density at radius 2 is 1.75 bits per heavy atom. The molecule has 1 amide bonds. The number of anilines is 1. The Morgan fingerprint density at radius 1 is 1.04 bits per heavy atom. The van der Waals surface area contributed by atoms with Crippen LogP contribution >= 0.6 is 11.6 Å². The van der Waals surface area contributed by atoms with E-state index in [-0.39, 0.29) is 11.9 Å². The molecule has 0 saturated heterocycles. The molecule has 1 aromatic heterocycles. The Hall–Kier alpha value is -2.92. The summed E-state index contributed by atoms with van der Waals surface area (Å²) in [6.07, 6.45) is 1.42. The van der Waals surface area contributed by atoms with Gasteiger partial charge in [0.2, 0.25) is 0 Å². The Morgan fingerprint density at radius 3 is 2.43 bits per heavy atom. The quantitative estimate of drug-likeness (QED) is 0.625. The third-order valence-corrected chi connectivity index (χ3v) is 4.61. The number of halogens is 1. The molecule has 2 aromatic carbocycles. The van der Waals surface area contributed by atoms with Gasteiger partial charge in [-0.3, -0.25) is 4.79 Å². The van der Waals surface area contributed by atoms with Crippen LogP contribution in [0.5, 0.6) is 0 Å². The normalized spacial score (nSPS) is 10.7. The van der Waals surface area contributed by atoms with Crippen molar-refractivity contribution in [3.05, 3.63) is 88.8 Å². The molecule has 0 atom stereocenters. The Labute approximate surface area is 170 Å². The topological polar surface area (TPSA) is 58.1 Å². The largest absolute Gasteiger partial charge is 0.366 e. The van der Waals surface area contributed by atoms with E-state index in [1.165, 1.54) is 6.33 Å². The summed E-state index contributed by atoms with van der Waals surface area (Å²) in [6, 6.07) is 19.3. The van der Waals surface area contributed by atoms with Crippen molar-refractivity contribution in [2.45, 2.75) is 33.0 Å². The van der Waals surface area contributed by atoms with Gasteiger partial charge in [0.15, 0.2) is 0 Å². The van der Waals surface area contributed by atoms with Crippen molar-refractivity contribution < 1.29 is 4.79 Å². The third-order valence-electron chi connectivity index (χ3n) is 4.35. The lowest BCUT2D eigenvalue weighted by atomic mass is 10.1. The highest BCUT2D eigenvalue weighted by molar-refractivity contribution is 6.30. The molecule has 0 saturated carbocycles. The second-order valence-corrected chi connectivity index (χ2v) is 7.22. The van der Waals surface area contributed by atoms with E-state index in [1.807, 2.05) is 68.4 Å². The van der Waals surface area contributed by atoms with Gasteiger partial charge < -0.3 is 10.2 Å². The van der Waals surface area contributed by atoms with Gasteiger partial charge in [-0.05, 0) is 37.1 Å². The minimum atomic E-state index is -0.115. The van der Waals surface area contributed by atoms with E-state index in [0.29, 0.717) is 29.6 Å². The van der Waals surface area contributed by atoms with Gasteiger partial charge in [0.1, 0.15) is 17.8 Å². The summed E-state index contributed by atoms with van der Waals surface area (Å²) >= 11 is 5.91. The molecule has 0 unspecified atom stereocenters. The van der Waals surface area contributed by atoms with E-state index < -0.39 is 0 Å². The summed E-state index contributed by atoms with van der Waals surface area (Å²) < 4.78 is 0. The molecule has 1 N–H and O–H groups in total. The molecule has 144 valence electrons. The van der Waals surface area contributed by atoms with Crippen molar-refractivity contribution in [1.82, 2.24) is 14.9 Å². The van der Waals surface area contributed by atoms with E-state index in [0.717, 1.165) is 11.1 Å². The maximum atomic E-state index is 13.0. The molecule has 3 aromatic rings.